The van der Waals surface area contributed by atoms with Crippen LogP contribution in [0.2, 0.25) is 0 Å². The minimum atomic E-state index is -3.33. The molecule has 1 N–H and O–H groups in total. The number of aliphatic imine (C=N–C) groups is 1. The van der Waals surface area contributed by atoms with Gasteiger partial charge in [-0.3, -0.25) is 9.30 Å². The van der Waals surface area contributed by atoms with Crippen molar-refractivity contribution in [2.75, 3.05) is 43.3 Å². The summed E-state index contributed by atoms with van der Waals surface area (Å²) in [4.78, 5) is 6.60. The van der Waals surface area contributed by atoms with Crippen LogP contribution in [-0.4, -0.2) is 58.3 Å². The van der Waals surface area contributed by atoms with E-state index in [2.05, 4.69) is 29.1 Å². The maximum absolute atomic E-state index is 12.8. The smallest absolute Gasteiger partial charge is 0.236 e. The minimum absolute atomic E-state index is 0. The number of fused-ring (bicyclic) bond motifs is 1. The lowest BCUT2D eigenvalue weighted by Gasteiger charge is -2.37. The van der Waals surface area contributed by atoms with Gasteiger partial charge in [0.25, 0.3) is 0 Å². The highest BCUT2D eigenvalue weighted by Gasteiger charge is 2.29. The average Bonchev–Trinajstić information content (AvgIpc) is 3.03. The van der Waals surface area contributed by atoms with E-state index in [1.54, 1.807) is 11.4 Å². The van der Waals surface area contributed by atoms with Crippen LogP contribution in [0.1, 0.15) is 25.8 Å². The van der Waals surface area contributed by atoms with E-state index in [4.69, 9.17) is 0 Å². The van der Waals surface area contributed by atoms with Crippen molar-refractivity contribution < 1.29 is 8.42 Å². The molecule has 8 heteroatoms. The van der Waals surface area contributed by atoms with Crippen LogP contribution in [-0.2, 0) is 16.4 Å². The number of hydrogen-bond donors (Lipinski definition) is 1. The lowest BCUT2D eigenvalue weighted by Crippen LogP contribution is -2.49. The van der Waals surface area contributed by atoms with Crippen LogP contribution in [0.3, 0.4) is 0 Å². The number of piperidine rings is 1. The van der Waals surface area contributed by atoms with Crippen LogP contribution < -0.4 is 9.62 Å². The summed E-state index contributed by atoms with van der Waals surface area (Å²) in [7, 11) is -1.57. The molecule has 1 saturated heterocycles. The normalized spacial score (nSPS) is 23.0. The summed E-state index contributed by atoms with van der Waals surface area (Å²) >= 11 is 0. The lowest BCUT2D eigenvalue weighted by molar-refractivity contribution is 0.209. The van der Waals surface area contributed by atoms with Gasteiger partial charge in [0.1, 0.15) is 0 Å². The van der Waals surface area contributed by atoms with Gasteiger partial charge in [-0.15, -0.1) is 24.0 Å². The number of benzene rings is 1. The van der Waals surface area contributed by atoms with Crippen molar-refractivity contribution in [3.8, 4) is 0 Å². The van der Waals surface area contributed by atoms with Crippen molar-refractivity contribution in [3.05, 3.63) is 29.8 Å². The summed E-state index contributed by atoms with van der Waals surface area (Å²) in [6.45, 7) is 7.35. The Morgan fingerprint density at radius 1 is 1.22 bits per heavy atom. The van der Waals surface area contributed by atoms with Crippen LogP contribution in [0.4, 0.5) is 5.69 Å². The van der Waals surface area contributed by atoms with Crippen LogP contribution in [0.5, 0.6) is 0 Å². The molecular weight excluding hydrogens is 475 g/mol. The fraction of sp³-hybridized carbons (Fsp3) is 0.632. The molecule has 2 heterocycles. The Bertz CT molecular complexity index is 759. The van der Waals surface area contributed by atoms with Gasteiger partial charge in [0.15, 0.2) is 5.96 Å². The molecule has 2 aliphatic heterocycles. The van der Waals surface area contributed by atoms with Crippen molar-refractivity contribution >= 4 is 45.6 Å². The number of sulfonamides is 1. The third-order valence-electron chi connectivity index (χ3n) is 5.20. The zero-order valence-corrected chi connectivity index (χ0v) is 19.5. The molecule has 0 aromatic heterocycles. The molecule has 152 valence electrons. The molecule has 1 fully saturated rings. The van der Waals surface area contributed by atoms with Crippen LogP contribution in [0, 0.1) is 11.8 Å². The Kier molecular flexibility index (Phi) is 7.79. The topological polar surface area (TPSA) is 65.0 Å². The van der Waals surface area contributed by atoms with Gasteiger partial charge in [-0.1, -0.05) is 32.0 Å². The van der Waals surface area contributed by atoms with Crippen molar-refractivity contribution in [2.24, 2.45) is 16.8 Å². The molecule has 0 amide bonds. The molecule has 0 aliphatic carbocycles. The second-order valence-electron chi connectivity index (χ2n) is 7.59. The first kappa shape index (κ1) is 22.3. The molecule has 27 heavy (non-hydrogen) atoms. The second kappa shape index (κ2) is 9.45. The Hall–Kier alpha value is -1.03. The van der Waals surface area contributed by atoms with E-state index in [-0.39, 0.29) is 29.7 Å². The molecule has 0 bridgehead atoms. The molecular formula is C19H31IN4O2S. The zero-order chi connectivity index (χ0) is 18.7. The third kappa shape index (κ3) is 5.28. The predicted octanol–water partition coefficient (Wildman–Crippen LogP) is 2.55. The number of halogens is 1. The van der Waals surface area contributed by atoms with E-state index in [9.17, 15) is 8.42 Å². The molecule has 1 aromatic carbocycles. The Morgan fingerprint density at radius 3 is 2.56 bits per heavy atom. The number of nitrogens with zero attached hydrogens (tertiary/aromatic N) is 3. The van der Waals surface area contributed by atoms with Crippen LogP contribution in [0.25, 0.3) is 0 Å². The fourth-order valence-electron chi connectivity index (χ4n) is 4.17. The first-order chi connectivity index (χ1) is 12.4. The van der Waals surface area contributed by atoms with Gasteiger partial charge in [-0.2, -0.15) is 0 Å². The SMILES string of the molecule is CN=C(NCCS(=O)(=O)N1CCc2ccccc21)N1CC(C)CC(C)C1.I. The van der Waals surface area contributed by atoms with Gasteiger partial charge in [-0.05, 0) is 36.3 Å². The highest BCUT2D eigenvalue weighted by atomic mass is 127. The van der Waals surface area contributed by atoms with Crippen LogP contribution >= 0.6 is 24.0 Å². The molecule has 2 atom stereocenters. The molecule has 1 aromatic rings. The summed E-state index contributed by atoms with van der Waals surface area (Å²) in [5.41, 5.74) is 1.94. The molecule has 3 rings (SSSR count). The van der Waals surface area contributed by atoms with Crippen molar-refractivity contribution in [2.45, 2.75) is 26.7 Å². The highest BCUT2D eigenvalue weighted by molar-refractivity contribution is 14.0. The summed E-state index contributed by atoms with van der Waals surface area (Å²) in [6.07, 6.45) is 2.02. The molecule has 6 nitrogen and oxygen atoms in total. The first-order valence-electron chi connectivity index (χ1n) is 9.44. The Labute approximate surface area is 180 Å². The van der Waals surface area contributed by atoms with E-state index in [0.717, 1.165) is 36.7 Å². The highest BCUT2D eigenvalue weighted by Crippen LogP contribution is 2.29. The van der Waals surface area contributed by atoms with E-state index < -0.39 is 10.0 Å². The number of anilines is 1. The number of rotatable bonds is 4. The summed E-state index contributed by atoms with van der Waals surface area (Å²) in [5, 5.41) is 3.25. The summed E-state index contributed by atoms with van der Waals surface area (Å²) < 4.78 is 27.1. The number of hydrogen-bond acceptors (Lipinski definition) is 3. The van der Waals surface area contributed by atoms with Crippen LogP contribution in [0.15, 0.2) is 29.3 Å². The average molecular weight is 506 g/mol. The van der Waals surface area contributed by atoms with Gasteiger partial charge in [-0.25, -0.2) is 8.42 Å². The number of guanidine groups is 1. The molecule has 2 unspecified atom stereocenters. The molecule has 0 radical (unpaired) electrons. The van der Waals surface area contributed by atoms with E-state index in [0.29, 0.717) is 24.9 Å². The Balaban J connectivity index is 0.00000261. The number of para-hydroxylation sites is 1. The van der Waals surface area contributed by atoms with Gasteiger partial charge < -0.3 is 10.2 Å². The van der Waals surface area contributed by atoms with E-state index in [1.165, 1.54) is 6.42 Å². The van der Waals surface area contributed by atoms with E-state index >= 15 is 0 Å². The first-order valence-corrected chi connectivity index (χ1v) is 11.1. The van der Waals surface area contributed by atoms with Crippen molar-refractivity contribution in [1.29, 1.82) is 0 Å². The lowest BCUT2D eigenvalue weighted by atomic mass is 9.92. The number of likely N-dealkylation sites (tertiary alicyclic amines) is 1. The van der Waals surface area contributed by atoms with E-state index in [1.807, 2.05) is 24.3 Å². The second-order valence-corrected chi connectivity index (χ2v) is 9.60. The molecule has 0 saturated carbocycles. The van der Waals surface area contributed by atoms with Crippen molar-refractivity contribution in [1.82, 2.24) is 10.2 Å². The molecule has 2 aliphatic rings. The van der Waals surface area contributed by atoms with Gasteiger partial charge >= 0.3 is 0 Å². The summed E-state index contributed by atoms with van der Waals surface area (Å²) in [6, 6.07) is 7.75. The monoisotopic (exact) mass is 506 g/mol. The fourth-order valence-corrected chi connectivity index (χ4v) is 5.59. The van der Waals surface area contributed by atoms with Gasteiger partial charge in [0, 0.05) is 33.2 Å². The zero-order valence-electron chi connectivity index (χ0n) is 16.4. The summed E-state index contributed by atoms with van der Waals surface area (Å²) in [5.74, 6) is 2.13. The molecule has 0 spiro atoms. The van der Waals surface area contributed by atoms with Gasteiger partial charge in [0.2, 0.25) is 10.0 Å². The Morgan fingerprint density at radius 2 is 1.89 bits per heavy atom. The predicted molar refractivity (Wildman–Crippen MR) is 123 cm³/mol. The minimum Gasteiger partial charge on any atom is -0.355 e. The maximum atomic E-state index is 12.8. The quantitative estimate of drug-likeness (QED) is 0.388. The maximum Gasteiger partial charge on any atom is 0.236 e. The third-order valence-corrected chi connectivity index (χ3v) is 6.97. The number of nitrogens with one attached hydrogen (secondary N) is 1. The van der Waals surface area contributed by atoms with Crippen molar-refractivity contribution in [3.63, 3.8) is 0 Å². The largest absolute Gasteiger partial charge is 0.355 e. The standard InChI is InChI=1S/C19H30N4O2S.HI/c1-15-12-16(2)14-22(13-15)19(20-3)21-9-11-26(24,25)23-10-8-17-6-4-5-7-18(17)23;/h4-7,15-16H,8-14H2,1-3H3,(H,20,21);1H. The van der Waals surface area contributed by atoms with Gasteiger partial charge in [0.05, 0.1) is 11.4 Å².